The maximum absolute atomic E-state index is 14.2. The van der Waals surface area contributed by atoms with Crippen molar-refractivity contribution >= 4 is 50.7 Å². The average molecular weight is 633 g/mol. The van der Waals surface area contributed by atoms with Crippen molar-refractivity contribution in [3.05, 3.63) is 94.0 Å². The van der Waals surface area contributed by atoms with E-state index in [2.05, 4.69) is 5.32 Å². The first-order valence-corrected chi connectivity index (χ1v) is 16.3. The van der Waals surface area contributed by atoms with Crippen molar-refractivity contribution in [1.82, 2.24) is 10.2 Å². The SMILES string of the molecule is COc1ccc(N(CC(=O)N(Cc2cccc(Cl)c2)[C@@H](Cc2ccccc2)C(=O)NC2CCCC2)S(C)(=O)=O)cc1Cl. The summed E-state index contributed by atoms with van der Waals surface area (Å²) < 4.78 is 32.1. The molecule has 0 saturated heterocycles. The minimum Gasteiger partial charge on any atom is -0.495 e. The number of benzene rings is 3. The number of amides is 2. The summed E-state index contributed by atoms with van der Waals surface area (Å²) in [6.07, 6.45) is 5.10. The van der Waals surface area contributed by atoms with Crippen LogP contribution in [-0.4, -0.2) is 57.1 Å². The van der Waals surface area contributed by atoms with Crippen molar-refractivity contribution < 1.29 is 22.7 Å². The van der Waals surface area contributed by atoms with E-state index in [4.69, 9.17) is 27.9 Å². The Bertz CT molecular complexity index is 1500. The Labute approximate surface area is 257 Å². The minimum atomic E-state index is -3.92. The molecule has 0 radical (unpaired) electrons. The number of methoxy groups -OCH3 is 1. The molecule has 1 saturated carbocycles. The average Bonchev–Trinajstić information content (AvgIpc) is 3.46. The van der Waals surface area contributed by atoms with E-state index in [1.165, 1.54) is 30.2 Å². The van der Waals surface area contributed by atoms with Gasteiger partial charge in [0.05, 0.1) is 24.1 Å². The summed E-state index contributed by atoms with van der Waals surface area (Å²) in [7, 11) is -2.47. The van der Waals surface area contributed by atoms with Crippen molar-refractivity contribution in [3.8, 4) is 5.75 Å². The Balaban J connectivity index is 1.73. The van der Waals surface area contributed by atoms with Crippen molar-refractivity contribution in [3.63, 3.8) is 0 Å². The van der Waals surface area contributed by atoms with Gasteiger partial charge in [-0.05, 0) is 54.3 Å². The third-order valence-corrected chi connectivity index (χ3v) is 8.99. The molecule has 1 aliphatic carbocycles. The molecule has 3 aromatic carbocycles. The smallest absolute Gasteiger partial charge is 0.244 e. The van der Waals surface area contributed by atoms with Gasteiger partial charge in [0.15, 0.2) is 0 Å². The summed E-state index contributed by atoms with van der Waals surface area (Å²) in [4.78, 5) is 29.5. The molecule has 0 aliphatic heterocycles. The number of nitrogens with zero attached hydrogens (tertiary/aromatic N) is 2. The largest absolute Gasteiger partial charge is 0.495 e. The van der Waals surface area contributed by atoms with E-state index < -0.39 is 28.5 Å². The van der Waals surface area contributed by atoms with E-state index in [9.17, 15) is 18.0 Å². The highest BCUT2D eigenvalue weighted by Crippen LogP contribution is 2.30. The van der Waals surface area contributed by atoms with Gasteiger partial charge in [0.25, 0.3) is 0 Å². The van der Waals surface area contributed by atoms with E-state index in [0.29, 0.717) is 16.3 Å². The molecule has 0 bridgehead atoms. The van der Waals surface area contributed by atoms with Gasteiger partial charge in [0.1, 0.15) is 18.3 Å². The first-order chi connectivity index (χ1) is 20.0. The maximum atomic E-state index is 14.2. The number of ether oxygens (including phenoxy) is 1. The second kappa shape index (κ2) is 14.3. The lowest BCUT2D eigenvalue weighted by Gasteiger charge is -2.34. The van der Waals surface area contributed by atoms with Crippen LogP contribution in [0.15, 0.2) is 72.8 Å². The highest BCUT2D eigenvalue weighted by molar-refractivity contribution is 7.92. The molecule has 0 unspecified atom stereocenters. The molecule has 0 aromatic heterocycles. The van der Waals surface area contributed by atoms with E-state index in [-0.39, 0.29) is 35.6 Å². The van der Waals surface area contributed by atoms with Crippen LogP contribution in [0.4, 0.5) is 5.69 Å². The summed E-state index contributed by atoms with van der Waals surface area (Å²) in [5.41, 5.74) is 1.78. The predicted molar refractivity (Wildman–Crippen MR) is 167 cm³/mol. The maximum Gasteiger partial charge on any atom is 0.244 e. The molecule has 42 heavy (non-hydrogen) atoms. The van der Waals surface area contributed by atoms with Crippen LogP contribution in [-0.2, 0) is 32.6 Å². The van der Waals surface area contributed by atoms with Crippen molar-refractivity contribution in [2.24, 2.45) is 0 Å². The lowest BCUT2D eigenvalue weighted by Crippen LogP contribution is -2.54. The van der Waals surface area contributed by atoms with Crippen LogP contribution in [0.25, 0.3) is 0 Å². The topological polar surface area (TPSA) is 96.0 Å². The van der Waals surface area contributed by atoms with Crippen LogP contribution < -0.4 is 14.4 Å². The summed E-state index contributed by atoms with van der Waals surface area (Å²) in [5.74, 6) is -0.455. The fourth-order valence-electron chi connectivity index (χ4n) is 5.18. The lowest BCUT2D eigenvalue weighted by molar-refractivity contribution is -0.140. The quantitative estimate of drug-likeness (QED) is 0.286. The number of rotatable bonds is 12. The van der Waals surface area contributed by atoms with Gasteiger partial charge >= 0.3 is 0 Å². The molecule has 1 fully saturated rings. The Hall–Kier alpha value is -3.27. The number of sulfonamides is 1. The van der Waals surface area contributed by atoms with Crippen molar-refractivity contribution in [1.29, 1.82) is 0 Å². The number of anilines is 1. The molecule has 0 spiro atoms. The van der Waals surface area contributed by atoms with Crippen LogP contribution >= 0.6 is 23.2 Å². The van der Waals surface area contributed by atoms with Gasteiger partial charge in [-0.1, -0.05) is 78.5 Å². The number of hydrogen-bond donors (Lipinski definition) is 1. The van der Waals surface area contributed by atoms with Crippen LogP contribution in [0.3, 0.4) is 0 Å². The zero-order valence-corrected chi connectivity index (χ0v) is 26.0. The van der Waals surface area contributed by atoms with Gasteiger partial charge < -0.3 is 15.0 Å². The molecular weight excluding hydrogens is 597 g/mol. The number of carbonyl (C=O) groups is 2. The molecule has 2 amide bonds. The van der Waals surface area contributed by atoms with E-state index in [0.717, 1.165) is 41.8 Å². The molecule has 11 heteroatoms. The number of carbonyl (C=O) groups excluding carboxylic acids is 2. The number of nitrogens with one attached hydrogen (secondary N) is 1. The minimum absolute atomic E-state index is 0.0351. The Morgan fingerprint density at radius 3 is 2.29 bits per heavy atom. The molecular formula is C31H35Cl2N3O5S. The Morgan fingerprint density at radius 1 is 0.976 bits per heavy atom. The number of halogens is 2. The van der Waals surface area contributed by atoms with Gasteiger partial charge in [-0.2, -0.15) is 0 Å². The van der Waals surface area contributed by atoms with Crippen molar-refractivity contribution in [2.75, 3.05) is 24.2 Å². The standard InChI is InChI=1S/C31H35Cl2N3O5S/c1-41-29-16-15-26(19-27(29)33)36(42(2,39)40)21-30(37)35(20-23-11-8-12-24(32)17-23)28(18-22-9-4-3-5-10-22)31(38)34-25-13-6-7-14-25/h3-5,8-12,15-17,19,25,28H,6-7,13-14,18,20-21H2,1-2H3,(H,34,38)/t28-/m0/s1. The molecule has 1 N–H and O–H groups in total. The Kier molecular flexibility index (Phi) is 10.8. The normalized spacial score (nSPS) is 14.3. The van der Waals surface area contributed by atoms with Crippen LogP contribution in [0.1, 0.15) is 36.8 Å². The fourth-order valence-corrected chi connectivity index (χ4v) is 6.48. The third kappa shape index (κ3) is 8.40. The van der Waals surface area contributed by atoms with Gasteiger partial charge in [-0.3, -0.25) is 13.9 Å². The summed E-state index contributed by atoms with van der Waals surface area (Å²) >= 11 is 12.6. The van der Waals surface area contributed by atoms with Crippen LogP contribution in [0.2, 0.25) is 10.0 Å². The number of hydrogen-bond acceptors (Lipinski definition) is 5. The first-order valence-electron chi connectivity index (χ1n) is 13.7. The van der Waals surface area contributed by atoms with E-state index in [1.54, 1.807) is 18.2 Å². The third-order valence-electron chi connectivity index (χ3n) is 7.32. The summed E-state index contributed by atoms with van der Waals surface area (Å²) in [6.45, 7) is -0.486. The van der Waals surface area contributed by atoms with Crippen LogP contribution in [0, 0.1) is 0 Å². The second-order valence-corrected chi connectivity index (χ2v) is 13.2. The predicted octanol–water partition coefficient (Wildman–Crippen LogP) is 5.47. The zero-order valence-electron chi connectivity index (χ0n) is 23.6. The molecule has 3 aromatic rings. The highest BCUT2D eigenvalue weighted by atomic mass is 35.5. The fraction of sp³-hybridized carbons (Fsp3) is 0.355. The highest BCUT2D eigenvalue weighted by Gasteiger charge is 2.34. The summed E-state index contributed by atoms with van der Waals surface area (Å²) in [6, 6.07) is 20.1. The molecule has 1 aliphatic rings. The molecule has 4 rings (SSSR count). The van der Waals surface area contributed by atoms with Gasteiger partial charge in [0, 0.05) is 24.0 Å². The Morgan fingerprint density at radius 2 is 1.67 bits per heavy atom. The van der Waals surface area contributed by atoms with Gasteiger partial charge in [0.2, 0.25) is 21.8 Å². The molecule has 224 valence electrons. The molecule has 1 atom stereocenters. The van der Waals surface area contributed by atoms with Crippen molar-refractivity contribution in [2.45, 2.75) is 50.7 Å². The zero-order chi connectivity index (χ0) is 30.3. The second-order valence-electron chi connectivity index (χ2n) is 10.4. The first kappa shape index (κ1) is 31.7. The summed E-state index contributed by atoms with van der Waals surface area (Å²) in [5, 5.41) is 3.83. The van der Waals surface area contributed by atoms with Crippen LogP contribution in [0.5, 0.6) is 5.75 Å². The van der Waals surface area contributed by atoms with Gasteiger partial charge in [-0.15, -0.1) is 0 Å². The van der Waals surface area contributed by atoms with Gasteiger partial charge in [-0.25, -0.2) is 8.42 Å². The lowest BCUT2D eigenvalue weighted by atomic mass is 10.0. The van der Waals surface area contributed by atoms with E-state index in [1.807, 2.05) is 36.4 Å². The van der Waals surface area contributed by atoms with E-state index >= 15 is 0 Å². The monoisotopic (exact) mass is 631 g/mol. The molecule has 0 heterocycles. The molecule has 8 nitrogen and oxygen atoms in total.